The summed E-state index contributed by atoms with van der Waals surface area (Å²) in [4.78, 5) is 38.8. The molecule has 2 aromatic rings. The maximum atomic E-state index is 12.2. The Labute approximate surface area is 203 Å². The number of pyridine rings is 1. The second-order valence-electron chi connectivity index (χ2n) is 7.79. The van der Waals surface area contributed by atoms with Gasteiger partial charge in [0.25, 0.3) is 11.5 Å². The standard InChI is InChI=1S/C24H27Cl2N3O4/c1-4-5-16(19-7-6-17(25)10-21(19)26)12-28-22(30)13-33-23(31)9-8-18-14(2)20(11-27)24(32)29-15(18)3/h6-7,10,16H,4-5,8-9,12-13H2,1-3H3,(H,28,30)(H,29,32). The molecule has 1 unspecified atom stereocenters. The maximum Gasteiger partial charge on any atom is 0.306 e. The molecule has 0 bridgehead atoms. The Balaban J connectivity index is 1.87. The third kappa shape index (κ3) is 7.34. The number of carbonyl (C=O) groups is 2. The first kappa shape index (κ1) is 26.4. The summed E-state index contributed by atoms with van der Waals surface area (Å²) in [5.74, 6) is -0.933. The minimum Gasteiger partial charge on any atom is -0.456 e. The lowest BCUT2D eigenvalue weighted by Gasteiger charge is -2.19. The van der Waals surface area contributed by atoms with E-state index in [-0.39, 0.29) is 30.9 Å². The minimum atomic E-state index is -0.542. The van der Waals surface area contributed by atoms with E-state index in [0.717, 1.165) is 24.0 Å². The number of hydrogen-bond donors (Lipinski definition) is 2. The van der Waals surface area contributed by atoms with Crippen molar-refractivity contribution < 1.29 is 14.3 Å². The normalized spacial score (nSPS) is 11.5. The molecule has 7 nitrogen and oxygen atoms in total. The second-order valence-corrected chi connectivity index (χ2v) is 8.63. The molecule has 1 atom stereocenters. The first-order valence-electron chi connectivity index (χ1n) is 10.7. The lowest BCUT2D eigenvalue weighted by atomic mass is 9.94. The predicted octanol–water partition coefficient (Wildman–Crippen LogP) is 4.35. The summed E-state index contributed by atoms with van der Waals surface area (Å²) in [6.45, 7) is 5.40. The number of nitriles is 1. The maximum absolute atomic E-state index is 12.2. The van der Waals surface area contributed by atoms with Gasteiger partial charge in [0.2, 0.25) is 0 Å². The van der Waals surface area contributed by atoms with Crippen LogP contribution in [0.25, 0.3) is 0 Å². The molecule has 0 saturated heterocycles. The SMILES string of the molecule is CCCC(CNC(=O)COC(=O)CCc1c(C)[nH]c(=O)c(C#N)c1C)c1ccc(Cl)cc1Cl. The van der Waals surface area contributed by atoms with Crippen LogP contribution in [0.2, 0.25) is 10.0 Å². The number of H-pyrrole nitrogens is 1. The molecular weight excluding hydrogens is 465 g/mol. The molecule has 9 heteroatoms. The number of amides is 1. The molecule has 1 aromatic carbocycles. The average Bonchev–Trinajstić information content (AvgIpc) is 2.75. The Hall–Kier alpha value is -2.82. The van der Waals surface area contributed by atoms with Crippen molar-refractivity contribution in [2.45, 2.75) is 52.4 Å². The van der Waals surface area contributed by atoms with Gasteiger partial charge >= 0.3 is 5.97 Å². The summed E-state index contributed by atoms with van der Waals surface area (Å²) in [6, 6.07) is 7.18. The topological polar surface area (TPSA) is 112 Å². The third-order valence-corrected chi connectivity index (χ3v) is 6.01. The van der Waals surface area contributed by atoms with Crippen LogP contribution in [0.15, 0.2) is 23.0 Å². The summed E-state index contributed by atoms with van der Waals surface area (Å²) in [5, 5.41) is 13.0. The van der Waals surface area contributed by atoms with E-state index in [1.54, 1.807) is 26.0 Å². The van der Waals surface area contributed by atoms with Crippen molar-refractivity contribution in [1.29, 1.82) is 5.26 Å². The van der Waals surface area contributed by atoms with Gasteiger partial charge in [-0.15, -0.1) is 0 Å². The van der Waals surface area contributed by atoms with Crippen LogP contribution < -0.4 is 10.9 Å². The molecule has 0 aliphatic carbocycles. The van der Waals surface area contributed by atoms with Gasteiger partial charge in [-0.05, 0) is 55.5 Å². The molecule has 0 radical (unpaired) electrons. The van der Waals surface area contributed by atoms with Gasteiger partial charge in [0.1, 0.15) is 11.6 Å². The Morgan fingerprint density at radius 2 is 2.00 bits per heavy atom. The number of nitrogens with zero attached hydrogens (tertiary/aromatic N) is 1. The summed E-state index contributed by atoms with van der Waals surface area (Å²) in [5.41, 5.74) is 2.36. The predicted molar refractivity (Wildman–Crippen MR) is 128 cm³/mol. The molecule has 0 saturated carbocycles. The lowest BCUT2D eigenvalue weighted by Crippen LogP contribution is -2.32. The molecule has 1 heterocycles. The molecule has 176 valence electrons. The Kier molecular flexibility index (Phi) is 9.95. The van der Waals surface area contributed by atoms with Gasteiger partial charge in [0, 0.05) is 34.6 Å². The van der Waals surface area contributed by atoms with Gasteiger partial charge in [-0.1, -0.05) is 42.6 Å². The molecule has 33 heavy (non-hydrogen) atoms. The number of carbonyl (C=O) groups excluding carboxylic acids is 2. The Bertz CT molecular complexity index is 1120. The molecule has 0 aliphatic heterocycles. The Morgan fingerprint density at radius 3 is 2.64 bits per heavy atom. The van der Waals surface area contributed by atoms with Gasteiger partial charge in [0.15, 0.2) is 6.61 Å². The number of aromatic amines is 1. The van der Waals surface area contributed by atoms with E-state index in [0.29, 0.717) is 27.8 Å². The van der Waals surface area contributed by atoms with E-state index >= 15 is 0 Å². The number of esters is 1. The molecule has 1 aromatic heterocycles. The molecular formula is C24H27Cl2N3O4. The van der Waals surface area contributed by atoms with Crippen molar-refractivity contribution in [1.82, 2.24) is 10.3 Å². The zero-order valence-electron chi connectivity index (χ0n) is 18.9. The van der Waals surface area contributed by atoms with Gasteiger partial charge < -0.3 is 15.0 Å². The van der Waals surface area contributed by atoms with E-state index in [9.17, 15) is 14.4 Å². The first-order valence-corrected chi connectivity index (χ1v) is 11.4. The van der Waals surface area contributed by atoms with Crippen LogP contribution in [0.3, 0.4) is 0 Å². The number of ether oxygens (including phenoxy) is 1. The monoisotopic (exact) mass is 491 g/mol. The van der Waals surface area contributed by atoms with E-state index < -0.39 is 17.4 Å². The smallest absolute Gasteiger partial charge is 0.306 e. The van der Waals surface area contributed by atoms with Crippen molar-refractivity contribution >= 4 is 35.1 Å². The van der Waals surface area contributed by atoms with Crippen LogP contribution in [0.4, 0.5) is 0 Å². The lowest BCUT2D eigenvalue weighted by molar-refractivity contribution is -0.148. The minimum absolute atomic E-state index is 0.0138. The van der Waals surface area contributed by atoms with Crippen LogP contribution >= 0.6 is 23.2 Å². The molecule has 2 rings (SSSR count). The van der Waals surface area contributed by atoms with Crippen LogP contribution in [-0.2, 0) is 20.7 Å². The summed E-state index contributed by atoms with van der Waals surface area (Å²) >= 11 is 12.3. The number of rotatable bonds is 10. The molecule has 2 N–H and O–H groups in total. The summed E-state index contributed by atoms with van der Waals surface area (Å²) in [7, 11) is 0. The average molecular weight is 492 g/mol. The fourth-order valence-electron chi connectivity index (χ4n) is 3.70. The van der Waals surface area contributed by atoms with Gasteiger partial charge in [0.05, 0.1) is 0 Å². The molecule has 1 amide bonds. The number of aryl methyl sites for hydroxylation is 1. The van der Waals surface area contributed by atoms with E-state index in [1.165, 1.54) is 0 Å². The number of hydrogen-bond acceptors (Lipinski definition) is 5. The highest BCUT2D eigenvalue weighted by Gasteiger charge is 2.17. The van der Waals surface area contributed by atoms with Crippen molar-refractivity contribution in [3.63, 3.8) is 0 Å². The van der Waals surface area contributed by atoms with Crippen molar-refractivity contribution in [2.75, 3.05) is 13.2 Å². The third-order valence-electron chi connectivity index (χ3n) is 5.45. The number of benzene rings is 1. The van der Waals surface area contributed by atoms with E-state index in [2.05, 4.69) is 10.3 Å². The van der Waals surface area contributed by atoms with Gasteiger partial charge in [-0.2, -0.15) is 5.26 Å². The summed E-state index contributed by atoms with van der Waals surface area (Å²) < 4.78 is 5.09. The highest BCUT2D eigenvalue weighted by atomic mass is 35.5. The zero-order chi connectivity index (χ0) is 24.5. The first-order chi connectivity index (χ1) is 15.7. The molecule has 0 fully saturated rings. The quantitative estimate of drug-likeness (QED) is 0.479. The van der Waals surface area contributed by atoms with Crippen LogP contribution in [0, 0.1) is 25.2 Å². The van der Waals surface area contributed by atoms with Crippen LogP contribution in [0.1, 0.15) is 60.1 Å². The van der Waals surface area contributed by atoms with E-state index in [4.69, 9.17) is 33.2 Å². The van der Waals surface area contributed by atoms with Crippen molar-refractivity contribution in [2.24, 2.45) is 0 Å². The van der Waals surface area contributed by atoms with Gasteiger partial charge in [-0.3, -0.25) is 14.4 Å². The van der Waals surface area contributed by atoms with Crippen molar-refractivity contribution in [3.05, 3.63) is 66.5 Å². The fourth-order valence-corrected chi connectivity index (χ4v) is 4.27. The highest BCUT2D eigenvalue weighted by Crippen LogP contribution is 2.30. The number of halogens is 2. The largest absolute Gasteiger partial charge is 0.456 e. The molecule has 0 spiro atoms. The van der Waals surface area contributed by atoms with E-state index in [1.807, 2.05) is 19.1 Å². The summed E-state index contributed by atoms with van der Waals surface area (Å²) in [6.07, 6.45) is 2.04. The zero-order valence-corrected chi connectivity index (χ0v) is 20.4. The van der Waals surface area contributed by atoms with Crippen molar-refractivity contribution in [3.8, 4) is 6.07 Å². The fraction of sp³-hybridized carbons (Fsp3) is 0.417. The highest BCUT2D eigenvalue weighted by molar-refractivity contribution is 6.35. The van der Waals surface area contributed by atoms with Gasteiger partial charge in [-0.25, -0.2) is 0 Å². The molecule has 0 aliphatic rings. The number of aromatic nitrogens is 1. The van der Waals surface area contributed by atoms with Crippen LogP contribution in [-0.4, -0.2) is 30.0 Å². The Morgan fingerprint density at radius 1 is 1.27 bits per heavy atom. The van der Waals surface area contributed by atoms with Crippen LogP contribution in [0.5, 0.6) is 0 Å². The second kappa shape index (κ2) is 12.4. The number of nitrogens with one attached hydrogen (secondary N) is 2.